The smallest absolute Gasteiger partial charge is 0.242 e. The Hall–Kier alpha value is -1.57. The third-order valence-electron chi connectivity index (χ3n) is 3.15. The summed E-state index contributed by atoms with van der Waals surface area (Å²) in [5, 5.41) is 3.05. The first kappa shape index (κ1) is 15.8. The van der Waals surface area contributed by atoms with Crippen LogP contribution in [-0.4, -0.2) is 20.0 Å². The van der Waals surface area contributed by atoms with Crippen molar-refractivity contribution in [2.24, 2.45) is 0 Å². The molecule has 116 valence electrons. The van der Waals surface area contributed by atoms with Gasteiger partial charge in [0.15, 0.2) is 0 Å². The predicted octanol–water partition coefficient (Wildman–Crippen LogP) is 1.86. The lowest BCUT2D eigenvalue weighted by Crippen LogP contribution is -2.22. The van der Waals surface area contributed by atoms with Crippen molar-refractivity contribution < 1.29 is 12.8 Å². The maximum atomic E-state index is 12.3. The zero-order valence-electron chi connectivity index (χ0n) is 12.5. The van der Waals surface area contributed by atoms with E-state index < -0.39 is 10.0 Å². The number of aromatic nitrogens is 1. The molecule has 0 radical (unpaired) electrons. The minimum absolute atomic E-state index is 0.142. The van der Waals surface area contributed by atoms with Crippen LogP contribution in [0.5, 0.6) is 0 Å². The molecule has 0 fully saturated rings. The quantitative estimate of drug-likeness (QED) is 0.818. The molecule has 2 aromatic heterocycles. The number of sulfonamides is 1. The molecule has 0 spiro atoms. The minimum Gasteiger partial charge on any atom is -0.468 e. The van der Waals surface area contributed by atoms with Crippen LogP contribution >= 0.6 is 0 Å². The van der Waals surface area contributed by atoms with Gasteiger partial charge < -0.3 is 14.3 Å². The lowest BCUT2D eigenvalue weighted by atomic mass is 10.3. The molecule has 0 amide bonds. The molecule has 0 aliphatic carbocycles. The molecule has 0 saturated heterocycles. The summed E-state index contributed by atoms with van der Waals surface area (Å²) < 4.78 is 34.3. The first-order chi connectivity index (χ1) is 9.94. The van der Waals surface area contributed by atoms with Gasteiger partial charge in [-0.2, -0.15) is 0 Å². The van der Waals surface area contributed by atoms with Gasteiger partial charge >= 0.3 is 0 Å². The van der Waals surface area contributed by atoms with Gasteiger partial charge in [0.2, 0.25) is 10.0 Å². The zero-order chi connectivity index (χ0) is 15.5. The maximum absolute atomic E-state index is 12.3. The first-order valence-corrected chi connectivity index (χ1v) is 8.29. The van der Waals surface area contributed by atoms with E-state index in [1.54, 1.807) is 24.4 Å². The Morgan fingerprint density at radius 3 is 2.67 bits per heavy atom. The molecule has 6 nitrogen and oxygen atoms in total. The van der Waals surface area contributed by atoms with Gasteiger partial charge in [0.1, 0.15) is 5.76 Å². The van der Waals surface area contributed by atoms with Crippen LogP contribution in [0.25, 0.3) is 0 Å². The highest BCUT2D eigenvalue weighted by Crippen LogP contribution is 2.19. The van der Waals surface area contributed by atoms with E-state index in [-0.39, 0.29) is 17.5 Å². The fraction of sp³-hybridized carbons (Fsp3) is 0.429. The highest BCUT2D eigenvalue weighted by atomic mass is 32.2. The van der Waals surface area contributed by atoms with Crippen LogP contribution in [0, 0.1) is 0 Å². The molecule has 0 unspecified atom stereocenters. The number of hydrogen-bond donors (Lipinski definition) is 2. The van der Waals surface area contributed by atoms with E-state index in [9.17, 15) is 8.42 Å². The zero-order valence-corrected chi connectivity index (χ0v) is 13.3. The Morgan fingerprint density at radius 1 is 1.33 bits per heavy atom. The molecular formula is C14H21N3O3S. The number of nitrogens with one attached hydrogen (secondary N) is 2. The summed E-state index contributed by atoms with van der Waals surface area (Å²) in [6.45, 7) is 4.80. The Kier molecular flexibility index (Phi) is 4.87. The molecule has 0 bridgehead atoms. The van der Waals surface area contributed by atoms with E-state index in [2.05, 4.69) is 10.0 Å². The van der Waals surface area contributed by atoms with Crippen molar-refractivity contribution >= 4 is 10.0 Å². The van der Waals surface area contributed by atoms with Crippen LogP contribution in [0.3, 0.4) is 0 Å². The summed E-state index contributed by atoms with van der Waals surface area (Å²) >= 11 is 0. The average Bonchev–Trinajstić information content (AvgIpc) is 3.06. The van der Waals surface area contributed by atoms with Gasteiger partial charge in [-0.1, -0.05) is 0 Å². The summed E-state index contributed by atoms with van der Waals surface area (Å²) in [7, 11) is -1.71. The lowest BCUT2D eigenvalue weighted by Gasteiger charge is -2.11. The Morgan fingerprint density at radius 2 is 2.10 bits per heavy atom. The summed E-state index contributed by atoms with van der Waals surface area (Å²) in [6, 6.07) is 5.35. The van der Waals surface area contributed by atoms with Gasteiger partial charge in [0, 0.05) is 24.5 Å². The fourth-order valence-electron chi connectivity index (χ4n) is 2.11. The van der Waals surface area contributed by atoms with E-state index in [1.165, 1.54) is 6.26 Å². The molecule has 0 atom stereocenters. The largest absolute Gasteiger partial charge is 0.468 e. The van der Waals surface area contributed by atoms with Gasteiger partial charge in [-0.15, -0.1) is 0 Å². The van der Waals surface area contributed by atoms with Gasteiger partial charge in [0.25, 0.3) is 0 Å². The molecule has 2 N–H and O–H groups in total. The van der Waals surface area contributed by atoms with Crippen LogP contribution in [-0.2, 0) is 23.1 Å². The van der Waals surface area contributed by atoms with E-state index in [0.29, 0.717) is 12.3 Å². The van der Waals surface area contributed by atoms with E-state index in [1.807, 2.05) is 25.5 Å². The van der Waals surface area contributed by atoms with Gasteiger partial charge in [-0.3, -0.25) is 0 Å². The van der Waals surface area contributed by atoms with Gasteiger partial charge in [-0.25, -0.2) is 13.1 Å². The van der Waals surface area contributed by atoms with Crippen molar-refractivity contribution in [3.05, 3.63) is 42.1 Å². The third-order valence-corrected chi connectivity index (χ3v) is 4.52. The number of furan rings is 1. The SMILES string of the molecule is CNCc1cc(S(=O)(=O)NCc2ccco2)cn1C(C)C. The molecule has 0 aliphatic heterocycles. The monoisotopic (exact) mass is 311 g/mol. The second kappa shape index (κ2) is 6.46. The average molecular weight is 311 g/mol. The molecule has 2 heterocycles. The molecule has 0 aliphatic rings. The highest BCUT2D eigenvalue weighted by molar-refractivity contribution is 7.89. The fourth-order valence-corrected chi connectivity index (χ4v) is 3.15. The van der Waals surface area contributed by atoms with Crippen LogP contribution in [0.4, 0.5) is 0 Å². The van der Waals surface area contributed by atoms with Crippen LogP contribution in [0.15, 0.2) is 40.0 Å². The third kappa shape index (κ3) is 3.75. The first-order valence-electron chi connectivity index (χ1n) is 6.81. The maximum Gasteiger partial charge on any atom is 0.242 e. The van der Waals surface area contributed by atoms with Gasteiger partial charge in [-0.05, 0) is 39.1 Å². The number of nitrogens with zero attached hydrogens (tertiary/aromatic N) is 1. The Labute approximate surface area is 125 Å². The molecule has 2 aromatic rings. The van der Waals surface area contributed by atoms with Gasteiger partial charge in [0.05, 0.1) is 17.7 Å². The Balaban J connectivity index is 2.21. The molecule has 0 saturated carbocycles. The van der Waals surface area contributed by atoms with E-state index in [4.69, 9.17) is 4.42 Å². The van der Waals surface area contributed by atoms with Crippen molar-refractivity contribution in [2.75, 3.05) is 7.05 Å². The molecule has 7 heteroatoms. The number of hydrogen-bond acceptors (Lipinski definition) is 4. The van der Waals surface area contributed by atoms with E-state index >= 15 is 0 Å². The molecule has 2 rings (SSSR count). The van der Waals surface area contributed by atoms with Crippen molar-refractivity contribution in [2.45, 2.75) is 37.9 Å². The summed E-state index contributed by atoms with van der Waals surface area (Å²) in [5.41, 5.74) is 0.936. The standard InChI is InChI=1S/C14H21N3O3S/c1-11(2)17-10-14(7-12(17)8-15-3)21(18,19)16-9-13-5-4-6-20-13/h4-7,10-11,15-16H,8-9H2,1-3H3. The topological polar surface area (TPSA) is 76.3 Å². The molecule has 0 aromatic carbocycles. The van der Waals surface area contributed by atoms with Crippen LogP contribution in [0.2, 0.25) is 0 Å². The predicted molar refractivity (Wildman–Crippen MR) is 80.3 cm³/mol. The Bertz CT molecular complexity index is 672. The lowest BCUT2D eigenvalue weighted by molar-refractivity contribution is 0.498. The van der Waals surface area contributed by atoms with Crippen LogP contribution in [0.1, 0.15) is 31.3 Å². The molecular weight excluding hydrogens is 290 g/mol. The van der Waals surface area contributed by atoms with Crippen molar-refractivity contribution in [1.29, 1.82) is 0 Å². The summed E-state index contributed by atoms with van der Waals surface area (Å²) in [6.07, 6.45) is 3.19. The highest BCUT2D eigenvalue weighted by Gasteiger charge is 2.19. The van der Waals surface area contributed by atoms with Crippen LogP contribution < -0.4 is 10.0 Å². The normalized spacial score (nSPS) is 12.2. The van der Waals surface area contributed by atoms with E-state index in [0.717, 1.165) is 5.69 Å². The van der Waals surface area contributed by atoms with Crippen molar-refractivity contribution in [1.82, 2.24) is 14.6 Å². The summed E-state index contributed by atoms with van der Waals surface area (Å²) in [4.78, 5) is 0.271. The second-order valence-electron chi connectivity index (χ2n) is 5.10. The number of rotatable bonds is 7. The van der Waals surface area contributed by atoms with Crippen molar-refractivity contribution in [3.8, 4) is 0 Å². The summed E-state index contributed by atoms with van der Waals surface area (Å²) in [5.74, 6) is 0.581. The second-order valence-corrected chi connectivity index (χ2v) is 6.87. The molecule has 21 heavy (non-hydrogen) atoms. The van der Waals surface area contributed by atoms with Crippen molar-refractivity contribution in [3.63, 3.8) is 0 Å². The minimum atomic E-state index is -3.55.